The van der Waals surface area contributed by atoms with Gasteiger partial charge in [-0.1, -0.05) is 43.7 Å². The SMILES string of the molecule is CCCc1ccc(-c2ccc(C(F)(F)Oc3cc(F)c(C=CC(F)(F)F)c(F)c3)c(F)c2F)cc1. The number of ether oxygens (including phenoxy) is 1. The number of hydrogen-bond acceptors (Lipinski definition) is 1. The second-order valence-corrected chi connectivity index (χ2v) is 7.53. The van der Waals surface area contributed by atoms with Gasteiger partial charge >= 0.3 is 12.3 Å². The Balaban J connectivity index is 1.90. The summed E-state index contributed by atoms with van der Waals surface area (Å²) in [4.78, 5) is 0. The molecule has 35 heavy (non-hydrogen) atoms. The molecule has 0 heterocycles. The van der Waals surface area contributed by atoms with Gasteiger partial charge in [0.05, 0.1) is 0 Å². The summed E-state index contributed by atoms with van der Waals surface area (Å²) in [7, 11) is 0. The number of aryl methyl sites for hydroxylation is 1. The molecule has 0 fully saturated rings. The lowest BCUT2D eigenvalue weighted by Crippen LogP contribution is -2.24. The van der Waals surface area contributed by atoms with E-state index in [1.165, 1.54) is 12.1 Å². The molecule has 0 amide bonds. The average molecular weight is 504 g/mol. The zero-order valence-electron chi connectivity index (χ0n) is 18.0. The van der Waals surface area contributed by atoms with E-state index < -0.39 is 58.5 Å². The van der Waals surface area contributed by atoms with Gasteiger partial charge in [0.15, 0.2) is 11.6 Å². The van der Waals surface area contributed by atoms with E-state index in [0.29, 0.717) is 6.07 Å². The molecule has 186 valence electrons. The smallest absolute Gasteiger partial charge is 0.429 e. The van der Waals surface area contributed by atoms with Crippen molar-refractivity contribution in [1.82, 2.24) is 0 Å². The monoisotopic (exact) mass is 504 g/mol. The van der Waals surface area contributed by atoms with Crippen LogP contribution in [0, 0.1) is 23.3 Å². The second-order valence-electron chi connectivity index (χ2n) is 7.53. The van der Waals surface area contributed by atoms with Crippen LogP contribution in [-0.2, 0) is 12.5 Å². The maximum atomic E-state index is 14.6. The Hall–Kier alpha value is -3.43. The van der Waals surface area contributed by atoms with Crippen LogP contribution >= 0.6 is 0 Å². The van der Waals surface area contributed by atoms with Gasteiger partial charge in [0.2, 0.25) is 0 Å². The Morgan fingerprint density at radius 2 is 1.40 bits per heavy atom. The summed E-state index contributed by atoms with van der Waals surface area (Å²) in [6.45, 7) is 1.96. The van der Waals surface area contributed by atoms with Crippen LogP contribution < -0.4 is 4.74 Å². The molecule has 3 aromatic rings. The van der Waals surface area contributed by atoms with Crippen LogP contribution in [0.25, 0.3) is 17.2 Å². The minimum absolute atomic E-state index is 0.0785. The summed E-state index contributed by atoms with van der Waals surface area (Å²) in [6, 6.07) is 8.29. The molecule has 0 aliphatic rings. The minimum Gasteiger partial charge on any atom is -0.429 e. The van der Waals surface area contributed by atoms with Crippen LogP contribution in [0.2, 0.25) is 0 Å². The molecule has 10 heteroatoms. The van der Waals surface area contributed by atoms with Gasteiger partial charge in [0, 0.05) is 29.3 Å². The number of benzene rings is 3. The highest BCUT2D eigenvalue weighted by atomic mass is 19.4. The molecule has 3 rings (SSSR count). The van der Waals surface area contributed by atoms with Crippen molar-refractivity contribution in [3.8, 4) is 16.9 Å². The fourth-order valence-corrected chi connectivity index (χ4v) is 3.30. The van der Waals surface area contributed by atoms with Gasteiger partial charge in [-0.15, -0.1) is 0 Å². The number of rotatable bonds is 7. The molecule has 1 nitrogen and oxygen atoms in total. The van der Waals surface area contributed by atoms with E-state index in [0.717, 1.165) is 24.5 Å². The van der Waals surface area contributed by atoms with Crippen molar-refractivity contribution in [1.29, 1.82) is 0 Å². The lowest BCUT2D eigenvalue weighted by molar-refractivity contribution is -0.187. The molecular weight excluding hydrogens is 487 g/mol. The van der Waals surface area contributed by atoms with Crippen molar-refractivity contribution in [2.75, 3.05) is 0 Å². The van der Waals surface area contributed by atoms with E-state index in [-0.39, 0.29) is 29.3 Å². The fraction of sp³-hybridized carbons (Fsp3) is 0.200. The van der Waals surface area contributed by atoms with Crippen LogP contribution in [0.15, 0.2) is 54.6 Å². The standard InChI is InChI=1S/C25H17F9O/c1-2-3-14-4-6-15(7-5-14)17-8-9-19(23(29)22(17)28)25(33,34)35-16-12-20(26)18(21(27)13-16)10-11-24(30,31)32/h4-13H,2-3H2,1H3. The highest BCUT2D eigenvalue weighted by molar-refractivity contribution is 5.65. The van der Waals surface area contributed by atoms with Crippen LogP contribution in [0.3, 0.4) is 0 Å². The fourth-order valence-electron chi connectivity index (χ4n) is 3.30. The summed E-state index contributed by atoms with van der Waals surface area (Å²) in [5, 5.41) is 0. The van der Waals surface area contributed by atoms with Crippen molar-refractivity contribution in [3.63, 3.8) is 0 Å². The third kappa shape index (κ3) is 6.17. The molecule has 0 aliphatic heterocycles. The number of alkyl halides is 5. The molecule has 3 aromatic carbocycles. The summed E-state index contributed by atoms with van der Waals surface area (Å²) in [5.41, 5.74) is -1.78. The minimum atomic E-state index is -4.87. The van der Waals surface area contributed by atoms with Gasteiger partial charge in [0.25, 0.3) is 0 Å². The Morgan fingerprint density at radius 1 is 0.800 bits per heavy atom. The highest BCUT2D eigenvalue weighted by Crippen LogP contribution is 2.37. The van der Waals surface area contributed by atoms with Crippen molar-refractivity contribution in [3.05, 3.63) is 94.6 Å². The second kappa shape index (κ2) is 10.1. The van der Waals surface area contributed by atoms with E-state index in [4.69, 9.17) is 0 Å². The van der Waals surface area contributed by atoms with E-state index in [2.05, 4.69) is 4.74 Å². The molecule has 0 saturated heterocycles. The van der Waals surface area contributed by atoms with Gasteiger partial charge in [-0.05, 0) is 29.7 Å². The Bertz CT molecular complexity index is 1210. The molecule has 0 aliphatic carbocycles. The van der Waals surface area contributed by atoms with E-state index in [9.17, 15) is 39.5 Å². The largest absolute Gasteiger partial charge is 0.429 e. The van der Waals surface area contributed by atoms with Gasteiger partial charge in [-0.25, -0.2) is 17.6 Å². The van der Waals surface area contributed by atoms with E-state index in [1.54, 1.807) is 12.1 Å². The molecule has 0 N–H and O–H groups in total. The average Bonchev–Trinajstić information content (AvgIpc) is 2.74. The summed E-state index contributed by atoms with van der Waals surface area (Å²) >= 11 is 0. The molecule has 0 bridgehead atoms. The molecule has 0 spiro atoms. The third-order valence-corrected chi connectivity index (χ3v) is 4.94. The quantitative estimate of drug-likeness (QED) is 0.293. The van der Waals surface area contributed by atoms with Gasteiger partial charge in [0.1, 0.15) is 22.9 Å². The first kappa shape index (κ1) is 26.2. The normalized spacial score (nSPS) is 12.4. The zero-order valence-corrected chi connectivity index (χ0v) is 18.0. The Labute approximate surface area is 194 Å². The summed E-state index contributed by atoms with van der Waals surface area (Å²) < 4.78 is 127. The number of allylic oxidation sites excluding steroid dienone is 1. The van der Waals surface area contributed by atoms with Crippen LogP contribution in [0.5, 0.6) is 5.75 Å². The predicted molar refractivity (Wildman–Crippen MR) is 112 cm³/mol. The topological polar surface area (TPSA) is 9.23 Å². The van der Waals surface area contributed by atoms with Crippen LogP contribution in [0.4, 0.5) is 39.5 Å². The number of hydrogen-bond donors (Lipinski definition) is 0. The molecule has 0 unspecified atom stereocenters. The summed E-state index contributed by atoms with van der Waals surface area (Å²) in [6.07, 6.45) is -8.17. The molecular formula is C25H17F9O. The van der Waals surface area contributed by atoms with Gasteiger partial charge in [-0.2, -0.15) is 22.0 Å². The first-order chi connectivity index (χ1) is 16.3. The zero-order chi connectivity index (χ0) is 26.0. The lowest BCUT2D eigenvalue weighted by Gasteiger charge is -2.20. The molecule has 0 aromatic heterocycles. The van der Waals surface area contributed by atoms with Crippen LogP contribution in [0.1, 0.15) is 30.0 Å². The van der Waals surface area contributed by atoms with Crippen molar-refractivity contribution in [2.45, 2.75) is 32.1 Å². The van der Waals surface area contributed by atoms with Crippen molar-refractivity contribution < 1.29 is 44.3 Å². The van der Waals surface area contributed by atoms with E-state index >= 15 is 0 Å². The third-order valence-electron chi connectivity index (χ3n) is 4.94. The van der Waals surface area contributed by atoms with Gasteiger partial charge in [-0.3, -0.25) is 0 Å². The summed E-state index contributed by atoms with van der Waals surface area (Å²) in [5.74, 6) is -7.94. The van der Waals surface area contributed by atoms with Crippen molar-refractivity contribution in [2.24, 2.45) is 0 Å². The first-order valence-electron chi connectivity index (χ1n) is 10.2. The maximum Gasteiger partial charge on any atom is 0.429 e. The van der Waals surface area contributed by atoms with Crippen molar-refractivity contribution >= 4 is 6.08 Å². The van der Waals surface area contributed by atoms with Gasteiger partial charge < -0.3 is 4.74 Å². The molecule has 0 atom stereocenters. The molecule has 0 saturated carbocycles. The highest BCUT2D eigenvalue weighted by Gasteiger charge is 2.40. The number of halogens is 9. The first-order valence-corrected chi connectivity index (χ1v) is 10.2. The van der Waals surface area contributed by atoms with Crippen LogP contribution in [-0.4, -0.2) is 6.18 Å². The lowest BCUT2D eigenvalue weighted by atomic mass is 10.00. The molecule has 0 radical (unpaired) electrons. The Kier molecular flexibility index (Phi) is 7.52. The maximum absolute atomic E-state index is 14.6. The predicted octanol–water partition coefficient (Wildman–Crippen LogP) is 8.57. The Morgan fingerprint density at radius 3 is 1.94 bits per heavy atom. The van der Waals surface area contributed by atoms with E-state index in [1.807, 2.05) is 6.92 Å².